The van der Waals surface area contributed by atoms with Crippen molar-refractivity contribution in [1.82, 2.24) is 24.9 Å². The number of rotatable bonds is 6. The molecule has 7 rings (SSSR count). The number of primary amides is 1. The van der Waals surface area contributed by atoms with Crippen LogP contribution in [0.3, 0.4) is 0 Å². The zero-order valence-corrected chi connectivity index (χ0v) is 18.2. The molecule has 3 aromatic rings. The Bertz CT molecular complexity index is 1160. The number of halogens is 1. The van der Waals surface area contributed by atoms with E-state index in [1.807, 2.05) is 16.8 Å². The van der Waals surface area contributed by atoms with E-state index < -0.39 is 5.91 Å². The predicted octanol–water partition coefficient (Wildman–Crippen LogP) is 3.09. The summed E-state index contributed by atoms with van der Waals surface area (Å²) in [7, 11) is 0. The van der Waals surface area contributed by atoms with Crippen LogP contribution in [0.1, 0.15) is 44.4 Å². The van der Waals surface area contributed by atoms with Crippen LogP contribution >= 0.6 is 11.6 Å². The molecule has 2 atom stereocenters. The third-order valence-electron chi connectivity index (χ3n) is 7.35. The lowest BCUT2D eigenvalue weighted by Crippen LogP contribution is -2.58. The molecule has 2 aromatic heterocycles. The van der Waals surface area contributed by atoms with Crippen molar-refractivity contribution in [3.63, 3.8) is 0 Å². The highest BCUT2D eigenvalue weighted by atomic mass is 35.5. The monoisotopic (exact) mass is 454 g/mol. The molecular formula is C22H23ClN6O3. The summed E-state index contributed by atoms with van der Waals surface area (Å²) < 4.78 is 13.2. The fourth-order valence-electron chi connectivity index (χ4n) is 6.61. The van der Waals surface area contributed by atoms with E-state index in [4.69, 9.17) is 31.6 Å². The van der Waals surface area contributed by atoms with Crippen molar-refractivity contribution in [3.8, 4) is 17.1 Å². The lowest BCUT2D eigenvalue weighted by molar-refractivity contribution is -0.119. The Hall–Kier alpha value is -2.94. The maximum absolute atomic E-state index is 10.9. The zero-order valence-electron chi connectivity index (χ0n) is 17.4. The van der Waals surface area contributed by atoms with Crippen molar-refractivity contribution >= 4 is 17.5 Å². The molecule has 2 heterocycles. The van der Waals surface area contributed by atoms with Gasteiger partial charge in [-0.3, -0.25) is 4.79 Å². The molecule has 4 saturated carbocycles. The highest BCUT2D eigenvalue weighted by Crippen LogP contribution is 2.64. The van der Waals surface area contributed by atoms with Crippen LogP contribution in [-0.4, -0.2) is 37.4 Å². The Morgan fingerprint density at radius 2 is 1.97 bits per heavy atom. The second kappa shape index (κ2) is 7.03. The number of carbonyl (C=O) groups excluding carboxylic acids is 1. The predicted molar refractivity (Wildman–Crippen MR) is 114 cm³/mol. The third-order valence-corrected chi connectivity index (χ3v) is 7.53. The number of nitrogens with zero attached hydrogens (tertiary/aromatic N) is 5. The number of nitrogens with two attached hydrogens (primary N) is 1. The van der Waals surface area contributed by atoms with Gasteiger partial charge in [0, 0.05) is 5.56 Å². The molecule has 2 unspecified atom stereocenters. The number of amides is 1. The largest absolute Gasteiger partial charge is 0.484 e. The molecular weight excluding hydrogens is 432 g/mol. The molecule has 1 aromatic carbocycles. The maximum Gasteiger partial charge on any atom is 0.255 e. The summed E-state index contributed by atoms with van der Waals surface area (Å²) in [6.45, 7) is -0.157. The van der Waals surface area contributed by atoms with E-state index in [0.29, 0.717) is 29.3 Å². The molecule has 1 amide bonds. The lowest BCUT2D eigenvalue weighted by Gasteiger charge is -2.60. The first kappa shape index (κ1) is 19.7. The van der Waals surface area contributed by atoms with E-state index in [1.54, 1.807) is 18.5 Å². The smallest absolute Gasteiger partial charge is 0.255 e. The standard InChI is InChI=1S/C22H23ClN6O3/c23-20-25-12-29(27-20)22-8-13-5-14(9-22)7-21(6-13,11-22)19-26-18(28-32-19)15-1-3-16(4-2-15)31-10-17(24)30/h1-4,12-14H,5-11H2,(H2,24,30). The van der Waals surface area contributed by atoms with Crippen LogP contribution < -0.4 is 10.5 Å². The van der Waals surface area contributed by atoms with E-state index in [-0.39, 0.29) is 22.8 Å². The molecule has 2 N–H and O–H groups in total. The highest BCUT2D eigenvalue weighted by Gasteiger charge is 2.61. The summed E-state index contributed by atoms with van der Waals surface area (Å²) in [4.78, 5) is 19.9. The quantitative estimate of drug-likeness (QED) is 0.607. The lowest BCUT2D eigenvalue weighted by atomic mass is 9.47. The van der Waals surface area contributed by atoms with Gasteiger partial charge in [0.25, 0.3) is 5.91 Å². The molecule has 4 bridgehead atoms. The molecule has 0 radical (unpaired) electrons. The van der Waals surface area contributed by atoms with Crippen LogP contribution in [0.25, 0.3) is 11.4 Å². The van der Waals surface area contributed by atoms with E-state index >= 15 is 0 Å². The molecule has 4 aliphatic carbocycles. The number of carbonyl (C=O) groups is 1. The summed E-state index contributed by atoms with van der Waals surface area (Å²) in [5.41, 5.74) is 5.73. The van der Waals surface area contributed by atoms with Crippen LogP contribution in [0.15, 0.2) is 35.1 Å². The van der Waals surface area contributed by atoms with Gasteiger partial charge >= 0.3 is 0 Å². The highest BCUT2D eigenvalue weighted by molar-refractivity contribution is 6.28. The van der Waals surface area contributed by atoms with Crippen molar-refractivity contribution in [1.29, 1.82) is 0 Å². The average molecular weight is 455 g/mol. The molecule has 9 nitrogen and oxygen atoms in total. The molecule has 166 valence electrons. The zero-order chi connectivity index (χ0) is 21.9. The summed E-state index contributed by atoms with van der Waals surface area (Å²) in [5.74, 6) is 2.53. The van der Waals surface area contributed by atoms with Crippen LogP contribution in [0.5, 0.6) is 5.75 Å². The SMILES string of the molecule is NC(=O)COc1ccc(-c2noc(C34CC5CC(C3)CC(n3cnc(Cl)n3)(C5)C4)n2)cc1. The minimum absolute atomic E-state index is 0.0850. The van der Waals surface area contributed by atoms with Gasteiger partial charge in [-0.05, 0) is 86.2 Å². The minimum Gasteiger partial charge on any atom is -0.484 e. The molecule has 10 heteroatoms. The van der Waals surface area contributed by atoms with Gasteiger partial charge < -0.3 is 15.0 Å². The van der Waals surface area contributed by atoms with Crippen LogP contribution in [-0.2, 0) is 15.7 Å². The first-order chi connectivity index (χ1) is 15.4. The van der Waals surface area contributed by atoms with Gasteiger partial charge in [0.2, 0.25) is 17.0 Å². The Labute approximate surface area is 189 Å². The number of hydrogen-bond acceptors (Lipinski definition) is 7. The second-order valence-electron chi connectivity index (χ2n) is 9.63. The van der Waals surface area contributed by atoms with Crippen molar-refractivity contribution < 1.29 is 14.1 Å². The van der Waals surface area contributed by atoms with Crippen LogP contribution in [0.2, 0.25) is 5.28 Å². The molecule has 32 heavy (non-hydrogen) atoms. The van der Waals surface area contributed by atoms with Crippen molar-refractivity contribution in [2.75, 3.05) is 6.61 Å². The Balaban J connectivity index is 1.29. The second-order valence-corrected chi connectivity index (χ2v) is 9.96. The van der Waals surface area contributed by atoms with Crippen molar-refractivity contribution in [3.05, 3.63) is 41.8 Å². The van der Waals surface area contributed by atoms with Gasteiger partial charge in [-0.2, -0.15) is 4.98 Å². The third kappa shape index (κ3) is 3.18. The molecule has 4 aliphatic rings. The van der Waals surface area contributed by atoms with Gasteiger partial charge in [0.1, 0.15) is 12.1 Å². The molecule has 4 fully saturated rings. The Kier molecular flexibility index (Phi) is 4.33. The molecule has 0 spiro atoms. The minimum atomic E-state index is -0.515. The van der Waals surface area contributed by atoms with Crippen LogP contribution in [0, 0.1) is 11.8 Å². The first-order valence-corrected chi connectivity index (χ1v) is 11.2. The van der Waals surface area contributed by atoms with Crippen molar-refractivity contribution in [2.45, 2.75) is 49.5 Å². The fourth-order valence-corrected chi connectivity index (χ4v) is 6.74. The summed E-state index contributed by atoms with van der Waals surface area (Å²) in [6.07, 6.45) is 8.25. The van der Waals surface area contributed by atoms with E-state index in [2.05, 4.69) is 15.2 Å². The molecule has 0 saturated heterocycles. The maximum atomic E-state index is 10.9. The van der Waals surface area contributed by atoms with E-state index in [9.17, 15) is 4.79 Å². The van der Waals surface area contributed by atoms with Gasteiger partial charge in [0.05, 0.1) is 11.0 Å². The van der Waals surface area contributed by atoms with Gasteiger partial charge in [-0.25, -0.2) is 9.67 Å². The molecule has 0 aliphatic heterocycles. The summed E-state index contributed by atoms with van der Waals surface area (Å²) >= 11 is 6.05. The van der Waals surface area contributed by atoms with Gasteiger partial charge in [-0.15, -0.1) is 5.10 Å². The summed E-state index contributed by atoms with van der Waals surface area (Å²) in [5, 5.41) is 9.06. The number of benzene rings is 1. The van der Waals surface area contributed by atoms with E-state index in [1.165, 1.54) is 6.42 Å². The van der Waals surface area contributed by atoms with Gasteiger partial charge in [-0.1, -0.05) is 5.16 Å². The van der Waals surface area contributed by atoms with Gasteiger partial charge in [0.15, 0.2) is 6.61 Å². The van der Waals surface area contributed by atoms with Crippen molar-refractivity contribution in [2.24, 2.45) is 17.6 Å². The number of hydrogen-bond donors (Lipinski definition) is 1. The number of aromatic nitrogens is 5. The van der Waals surface area contributed by atoms with E-state index in [0.717, 1.165) is 37.7 Å². The fraction of sp³-hybridized carbons (Fsp3) is 0.500. The average Bonchev–Trinajstić information content (AvgIpc) is 3.42. The van der Waals surface area contributed by atoms with Crippen LogP contribution in [0.4, 0.5) is 0 Å². The Morgan fingerprint density at radius 1 is 1.22 bits per heavy atom. The normalized spacial score (nSPS) is 30.5. The first-order valence-electron chi connectivity index (χ1n) is 10.9. The number of ether oxygens (including phenoxy) is 1. The Morgan fingerprint density at radius 3 is 2.62 bits per heavy atom. The topological polar surface area (TPSA) is 122 Å². The summed E-state index contributed by atoms with van der Waals surface area (Å²) in [6, 6.07) is 7.23.